The fourth-order valence-electron chi connectivity index (χ4n) is 4.64. The molecule has 0 amide bonds. The van der Waals surface area contributed by atoms with Crippen LogP contribution < -0.4 is 0 Å². The van der Waals surface area contributed by atoms with E-state index < -0.39 is 67.9 Å². The summed E-state index contributed by atoms with van der Waals surface area (Å²) in [4.78, 5) is 47.7. The van der Waals surface area contributed by atoms with Gasteiger partial charge in [0.05, 0.1) is 11.8 Å². The number of sulfone groups is 1. The zero-order valence-electron chi connectivity index (χ0n) is 14.5. The molecule has 2 rings (SSSR count). The van der Waals surface area contributed by atoms with Gasteiger partial charge in [-0.1, -0.05) is 25.7 Å². The molecule has 27 heavy (non-hydrogen) atoms. The smallest absolute Gasteiger partial charge is 0.325 e. The lowest BCUT2D eigenvalue weighted by Crippen LogP contribution is -2.68. The van der Waals surface area contributed by atoms with Crippen LogP contribution in [0.25, 0.3) is 0 Å². The Morgan fingerprint density at radius 1 is 0.667 bits per heavy atom. The quantitative estimate of drug-likeness (QED) is 0.487. The SMILES string of the molecule is O=C(O)C1CCCCC1(C(=O)O)S(=O)(=O)C1(C(=O)O)CCCCC1C(=O)O. The molecule has 2 fully saturated rings. The molecule has 0 spiro atoms. The second-order valence-electron chi connectivity index (χ2n) is 7.17. The molecular formula is C16H22O10S. The fraction of sp³-hybridized carbons (Fsp3) is 0.750. The standard InChI is InChI=1S/C16H22O10S/c17-11(18)9-5-1-3-7-15(9,13(21)22)27(25,26)16(14(23)24)8-4-2-6-10(16)12(19)20/h9-10H,1-8H2,(H,17,18)(H,19,20)(H,21,22)(H,23,24). The van der Waals surface area contributed by atoms with Gasteiger partial charge in [0, 0.05) is 0 Å². The average molecular weight is 406 g/mol. The highest BCUT2D eigenvalue weighted by molar-refractivity contribution is 7.95. The van der Waals surface area contributed by atoms with Crippen LogP contribution in [-0.2, 0) is 29.0 Å². The lowest BCUT2D eigenvalue weighted by molar-refractivity contribution is -0.155. The van der Waals surface area contributed by atoms with Gasteiger partial charge in [-0.05, 0) is 25.7 Å². The van der Waals surface area contributed by atoms with Gasteiger partial charge in [0.15, 0.2) is 19.3 Å². The molecule has 0 saturated heterocycles. The molecule has 152 valence electrons. The van der Waals surface area contributed by atoms with E-state index in [4.69, 9.17) is 0 Å². The minimum absolute atomic E-state index is 0.0861. The number of rotatable bonds is 6. The Morgan fingerprint density at radius 3 is 1.26 bits per heavy atom. The maximum atomic E-state index is 13.6. The highest BCUT2D eigenvalue weighted by atomic mass is 32.2. The molecule has 4 N–H and O–H groups in total. The predicted molar refractivity (Wildman–Crippen MR) is 88.8 cm³/mol. The van der Waals surface area contributed by atoms with E-state index in [1.165, 1.54) is 0 Å². The molecule has 4 atom stereocenters. The van der Waals surface area contributed by atoms with Crippen LogP contribution in [0, 0.1) is 11.8 Å². The first-order valence-electron chi connectivity index (χ1n) is 8.63. The first-order chi connectivity index (χ1) is 12.5. The molecular weight excluding hydrogens is 384 g/mol. The largest absolute Gasteiger partial charge is 0.481 e. The molecule has 2 saturated carbocycles. The van der Waals surface area contributed by atoms with Crippen molar-refractivity contribution >= 4 is 33.7 Å². The lowest BCUT2D eigenvalue weighted by Gasteiger charge is -2.46. The van der Waals surface area contributed by atoms with Gasteiger partial charge in [0.25, 0.3) is 0 Å². The summed E-state index contributed by atoms with van der Waals surface area (Å²) in [5, 5.41) is 38.6. The zero-order chi connectivity index (χ0) is 20.6. The van der Waals surface area contributed by atoms with Crippen LogP contribution >= 0.6 is 0 Å². The maximum absolute atomic E-state index is 13.6. The van der Waals surface area contributed by atoms with E-state index in [1.54, 1.807) is 0 Å². The predicted octanol–water partition coefficient (Wildman–Crippen LogP) is 0.598. The first kappa shape index (κ1) is 21.1. The normalized spacial score (nSPS) is 34.5. The van der Waals surface area contributed by atoms with Gasteiger partial charge < -0.3 is 20.4 Å². The number of aliphatic carboxylic acids is 4. The van der Waals surface area contributed by atoms with Crippen molar-refractivity contribution in [2.45, 2.75) is 60.9 Å². The van der Waals surface area contributed by atoms with Gasteiger partial charge in [0.1, 0.15) is 0 Å². The topological polar surface area (TPSA) is 183 Å². The van der Waals surface area contributed by atoms with Gasteiger partial charge in [-0.3, -0.25) is 19.2 Å². The number of hydrogen-bond acceptors (Lipinski definition) is 6. The third-order valence-electron chi connectivity index (χ3n) is 5.99. The summed E-state index contributed by atoms with van der Waals surface area (Å²) in [7, 11) is -5.26. The molecule has 2 aliphatic carbocycles. The highest BCUT2D eigenvalue weighted by Gasteiger charge is 2.72. The van der Waals surface area contributed by atoms with Crippen LogP contribution in [0.3, 0.4) is 0 Å². The van der Waals surface area contributed by atoms with Gasteiger partial charge >= 0.3 is 23.9 Å². The second kappa shape index (κ2) is 7.10. The minimum atomic E-state index is -5.26. The third kappa shape index (κ3) is 2.79. The molecule has 0 bridgehead atoms. The van der Waals surface area contributed by atoms with Crippen molar-refractivity contribution < 1.29 is 48.0 Å². The summed E-state index contributed by atoms with van der Waals surface area (Å²) in [6, 6.07) is 0. The van der Waals surface area contributed by atoms with E-state index in [0.29, 0.717) is 0 Å². The minimum Gasteiger partial charge on any atom is -0.481 e. The van der Waals surface area contributed by atoms with Crippen molar-refractivity contribution in [3.05, 3.63) is 0 Å². The number of carbonyl (C=O) groups is 4. The summed E-state index contributed by atoms with van der Waals surface area (Å²) in [5.41, 5.74) is 0. The van der Waals surface area contributed by atoms with Crippen molar-refractivity contribution in [3.63, 3.8) is 0 Å². The summed E-state index contributed by atoms with van der Waals surface area (Å²) in [6.07, 6.45) is -0.881. The van der Waals surface area contributed by atoms with Crippen molar-refractivity contribution in [2.24, 2.45) is 11.8 Å². The fourth-order valence-corrected chi connectivity index (χ4v) is 7.77. The van der Waals surface area contributed by atoms with Crippen molar-refractivity contribution in [3.8, 4) is 0 Å². The summed E-state index contributed by atoms with van der Waals surface area (Å²) in [6.45, 7) is 0. The van der Waals surface area contributed by atoms with Crippen LogP contribution in [0.15, 0.2) is 0 Å². The summed E-state index contributed by atoms with van der Waals surface area (Å²) >= 11 is 0. The average Bonchev–Trinajstić information content (AvgIpc) is 2.60. The molecule has 4 unspecified atom stereocenters. The lowest BCUT2D eigenvalue weighted by atomic mass is 9.77. The van der Waals surface area contributed by atoms with Crippen LogP contribution in [0.4, 0.5) is 0 Å². The van der Waals surface area contributed by atoms with E-state index in [9.17, 15) is 48.0 Å². The van der Waals surface area contributed by atoms with Crippen molar-refractivity contribution in [1.29, 1.82) is 0 Å². The molecule has 10 nitrogen and oxygen atoms in total. The van der Waals surface area contributed by atoms with Crippen molar-refractivity contribution in [2.75, 3.05) is 0 Å². The molecule has 0 aromatic rings. The Hall–Kier alpha value is -2.17. The van der Waals surface area contributed by atoms with Crippen molar-refractivity contribution in [1.82, 2.24) is 0 Å². The van der Waals surface area contributed by atoms with E-state index in [-0.39, 0.29) is 38.5 Å². The van der Waals surface area contributed by atoms with Crippen LogP contribution in [0.2, 0.25) is 0 Å². The van der Waals surface area contributed by atoms with E-state index >= 15 is 0 Å². The van der Waals surface area contributed by atoms with Gasteiger partial charge in [0.2, 0.25) is 0 Å². The number of hydrogen-bond donors (Lipinski definition) is 4. The number of carboxylic acid groups (broad SMARTS) is 4. The Labute approximate surface area is 155 Å². The second-order valence-corrected chi connectivity index (χ2v) is 9.63. The van der Waals surface area contributed by atoms with Crippen LogP contribution in [0.5, 0.6) is 0 Å². The molecule has 0 heterocycles. The van der Waals surface area contributed by atoms with Crippen LogP contribution in [0.1, 0.15) is 51.4 Å². The summed E-state index contributed by atoms with van der Waals surface area (Å²) in [5.74, 6) is -10.9. The first-order valence-corrected chi connectivity index (χ1v) is 10.1. The van der Waals surface area contributed by atoms with E-state index in [2.05, 4.69) is 0 Å². The molecule has 0 aromatic heterocycles. The van der Waals surface area contributed by atoms with Gasteiger partial charge in [-0.25, -0.2) is 8.42 Å². The Balaban J connectivity index is 2.83. The molecule has 0 aliphatic heterocycles. The Bertz CT molecular complexity index is 714. The van der Waals surface area contributed by atoms with Gasteiger partial charge in [-0.2, -0.15) is 0 Å². The Kier molecular flexibility index (Phi) is 5.56. The maximum Gasteiger partial charge on any atom is 0.325 e. The zero-order valence-corrected chi connectivity index (χ0v) is 15.3. The van der Waals surface area contributed by atoms with Gasteiger partial charge in [-0.15, -0.1) is 0 Å². The summed E-state index contributed by atoms with van der Waals surface area (Å²) < 4.78 is 21.5. The molecule has 0 radical (unpaired) electrons. The van der Waals surface area contributed by atoms with E-state index in [1.807, 2.05) is 0 Å². The highest BCUT2D eigenvalue weighted by Crippen LogP contribution is 2.51. The number of carboxylic acids is 4. The molecule has 0 aromatic carbocycles. The van der Waals surface area contributed by atoms with E-state index in [0.717, 1.165) is 0 Å². The Morgan fingerprint density at radius 2 is 1.00 bits per heavy atom. The monoisotopic (exact) mass is 406 g/mol. The third-order valence-corrected chi connectivity index (χ3v) is 9.23. The van der Waals surface area contributed by atoms with Crippen LogP contribution in [-0.4, -0.2) is 62.2 Å². The molecule has 11 heteroatoms. The molecule has 2 aliphatic rings.